The van der Waals surface area contributed by atoms with E-state index in [-0.39, 0.29) is 33.7 Å². The number of amides is 1. The van der Waals surface area contributed by atoms with Crippen molar-refractivity contribution in [2.45, 2.75) is 26.8 Å². The molecule has 0 bridgehead atoms. The van der Waals surface area contributed by atoms with Crippen molar-refractivity contribution in [2.75, 3.05) is 13.2 Å². The van der Waals surface area contributed by atoms with E-state index in [4.69, 9.17) is 27.9 Å². The number of nitrogens with zero attached hydrogens (tertiary/aromatic N) is 1. The number of hydrogen-bond donors (Lipinski definition) is 1. The molecule has 0 saturated carbocycles. The lowest BCUT2D eigenvalue weighted by atomic mass is 10.1. The maximum absolute atomic E-state index is 12.1. The summed E-state index contributed by atoms with van der Waals surface area (Å²) in [7, 11) is 0. The quantitative estimate of drug-likeness (QED) is 0.821. The minimum atomic E-state index is -0.342. The second kappa shape index (κ2) is 7.68. The molecule has 1 amide bonds. The van der Waals surface area contributed by atoms with Gasteiger partial charge in [0.2, 0.25) is 0 Å². The molecule has 0 aliphatic rings. The van der Waals surface area contributed by atoms with Crippen LogP contribution < -0.4 is 5.32 Å². The van der Waals surface area contributed by atoms with Gasteiger partial charge in [-0.25, -0.2) is 4.98 Å². The monoisotopic (exact) mass is 304 g/mol. The maximum atomic E-state index is 12.1. The number of rotatable bonds is 6. The molecule has 0 aromatic carbocycles. The van der Waals surface area contributed by atoms with Gasteiger partial charge < -0.3 is 10.1 Å². The van der Waals surface area contributed by atoms with E-state index >= 15 is 0 Å². The van der Waals surface area contributed by atoms with Gasteiger partial charge in [-0.1, -0.05) is 37.0 Å². The van der Waals surface area contributed by atoms with Crippen LogP contribution in [0.25, 0.3) is 0 Å². The van der Waals surface area contributed by atoms with Crippen molar-refractivity contribution in [3.8, 4) is 0 Å². The number of carbonyl (C=O) groups excluding carboxylic acids is 1. The third-order valence-electron chi connectivity index (χ3n) is 2.65. The summed E-state index contributed by atoms with van der Waals surface area (Å²) in [5.41, 5.74) is 0.135. The highest BCUT2D eigenvalue weighted by molar-refractivity contribution is 6.34. The summed E-state index contributed by atoms with van der Waals surface area (Å²) in [6.07, 6.45) is 0. The molecule has 1 heterocycles. The standard InChI is InChI=1S/C13H18Cl2N2O2/c1-4-19-7-10(8(2)3)16-13(18)12-9(14)5-6-11(15)17-12/h5-6,8,10H,4,7H2,1-3H3,(H,16,18). The highest BCUT2D eigenvalue weighted by atomic mass is 35.5. The molecule has 1 unspecified atom stereocenters. The van der Waals surface area contributed by atoms with Crippen LogP contribution in [0.15, 0.2) is 12.1 Å². The molecule has 106 valence electrons. The molecule has 0 fully saturated rings. The van der Waals surface area contributed by atoms with Crippen molar-refractivity contribution >= 4 is 29.1 Å². The summed E-state index contributed by atoms with van der Waals surface area (Å²) in [6.45, 7) is 7.00. The van der Waals surface area contributed by atoms with E-state index in [1.165, 1.54) is 0 Å². The summed E-state index contributed by atoms with van der Waals surface area (Å²) in [4.78, 5) is 16.1. The molecule has 6 heteroatoms. The summed E-state index contributed by atoms with van der Waals surface area (Å²) < 4.78 is 5.35. The van der Waals surface area contributed by atoms with E-state index in [9.17, 15) is 4.79 Å². The van der Waals surface area contributed by atoms with Crippen molar-refractivity contribution in [1.82, 2.24) is 10.3 Å². The zero-order valence-electron chi connectivity index (χ0n) is 11.2. The van der Waals surface area contributed by atoms with Gasteiger partial charge >= 0.3 is 0 Å². The van der Waals surface area contributed by atoms with E-state index in [1.807, 2.05) is 20.8 Å². The summed E-state index contributed by atoms with van der Waals surface area (Å²) in [5.74, 6) is -0.0978. The Morgan fingerprint density at radius 3 is 2.68 bits per heavy atom. The molecule has 4 nitrogen and oxygen atoms in total. The number of nitrogens with one attached hydrogen (secondary N) is 1. The predicted molar refractivity (Wildman–Crippen MR) is 76.8 cm³/mol. The molecule has 0 radical (unpaired) electrons. The van der Waals surface area contributed by atoms with E-state index in [0.29, 0.717) is 13.2 Å². The molecule has 1 atom stereocenters. The Hall–Kier alpha value is -0.840. The van der Waals surface area contributed by atoms with Crippen molar-refractivity contribution in [1.29, 1.82) is 0 Å². The van der Waals surface area contributed by atoms with Gasteiger partial charge in [-0.3, -0.25) is 4.79 Å². The minimum Gasteiger partial charge on any atom is -0.380 e. The summed E-state index contributed by atoms with van der Waals surface area (Å²) >= 11 is 11.7. The average molecular weight is 305 g/mol. The first-order chi connectivity index (χ1) is 8.95. The number of ether oxygens (including phenoxy) is 1. The second-order valence-electron chi connectivity index (χ2n) is 4.45. The number of pyridine rings is 1. The lowest BCUT2D eigenvalue weighted by Gasteiger charge is -2.22. The van der Waals surface area contributed by atoms with Crippen LogP contribution in [0.2, 0.25) is 10.2 Å². The molecular formula is C13H18Cl2N2O2. The van der Waals surface area contributed by atoms with Gasteiger partial charge in [0.1, 0.15) is 10.8 Å². The van der Waals surface area contributed by atoms with Gasteiger partial charge in [0.25, 0.3) is 5.91 Å². The Kier molecular flexibility index (Phi) is 6.55. The van der Waals surface area contributed by atoms with Gasteiger partial charge in [-0.15, -0.1) is 0 Å². The summed E-state index contributed by atoms with van der Waals surface area (Å²) in [5, 5.41) is 3.38. The van der Waals surface area contributed by atoms with Gasteiger partial charge in [-0.2, -0.15) is 0 Å². The maximum Gasteiger partial charge on any atom is 0.271 e. The van der Waals surface area contributed by atoms with Crippen LogP contribution in [0.5, 0.6) is 0 Å². The van der Waals surface area contributed by atoms with Crippen LogP contribution in [-0.4, -0.2) is 30.1 Å². The molecule has 0 saturated heterocycles. The van der Waals surface area contributed by atoms with E-state index in [1.54, 1.807) is 12.1 Å². The zero-order valence-corrected chi connectivity index (χ0v) is 12.8. The molecule has 1 aromatic rings. The van der Waals surface area contributed by atoms with Crippen LogP contribution in [0.1, 0.15) is 31.3 Å². The van der Waals surface area contributed by atoms with Crippen LogP contribution in [-0.2, 0) is 4.74 Å². The third-order valence-corrected chi connectivity index (χ3v) is 3.17. The molecule has 0 aliphatic carbocycles. The van der Waals surface area contributed by atoms with E-state index < -0.39 is 0 Å². The first-order valence-corrected chi connectivity index (χ1v) is 6.92. The zero-order chi connectivity index (χ0) is 14.4. The van der Waals surface area contributed by atoms with Crippen LogP contribution in [0.3, 0.4) is 0 Å². The van der Waals surface area contributed by atoms with Crippen molar-refractivity contribution in [3.63, 3.8) is 0 Å². The number of halogens is 2. The lowest BCUT2D eigenvalue weighted by molar-refractivity contribution is 0.0802. The topological polar surface area (TPSA) is 51.2 Å². The fourth-order valence-electron chi connectivity index (χ4n) is 1.46. The van der Waals surface area contributed by atoms with Gasteiger partial charge in [0.15, 0.2) is 0 Å². The fraction of sp³-hybridized carbons (Fsp3) is 0.538. The Bertz CT molecular complexity index is 439. The Morgan fingerprint density at radius 2 is 2.11 bits per heavy atom. The van der Waals surface area contributed by atoms with Crippen LogP contribution in [0.4, 0.5) is 0 Å². The normalized spacial score (nSPS) is 12.5. The second-order valence-corrected chi connectivity index (χ2v) is 5.24. The van der Waals surface area contributed by atoms with E-state index in [0.717, 1.165) is 0 Å². The van der Waals surface area contributed by atoms with Gasteiger partial charge in [0.05, 0.1) is 17.7 Å². The van der Waals surface area contributed by atoms with Gasteiger partial charge in [0, 0.05) is 6.61 Å². The molecule has 19 heavy (non-hydrogen) atoms. The SMILES string of the molecule is CCOCC(NC(=O)c1nc(Cl)ccc1Cl)C(C)C. The van der Waals surface area contributed by atoms with Crippen LogP contribution in [0, 0.1) is 5.92 Å². The number of carbonyl (C=O) groups is 1. The average Bonchev–Trinajstić information content (AvgIpc) is 2.36. The highest BCUT2D eigenvalue weighted by Crippen LogP contribution is 2.17. The molecule has 1 N–H and O–H groups in total. The van der Waals surface area contributed by atoms with Gasteiger partial charge in [-0.05, 0) is 25.0 Å². The molecule has 1 aromatic heterocycles. The highest BCUT2D eigenvalue weighted by Gasteiger charge is 2.20. The molecule has 0 aliphatic heterocycles. The Morgan fingerprint density at radius 1 is 1.42 bits per heavy atom. The van der Waals surface area contributed by atoms with Crippen molar-refractivity contribution in [2.24, 2.45) is 5.92 Å². The third kappa shape index (κ3) is 4.97. The number of aromatic nitrogens is 1. The fourth-order valence-corrected chi connectivity index (χ4v) is 1.80. The predicted octanol–water partition coefficient (Wildman–Crippen LogP) is 3.18. The molecule has 1 rings (SSSR count). The van der Waals surface area contributed by atoms with Crippen molar-refractivity contribution in [3.05, 3.63) is 28.0 Å². The largest absolute Gasteiger partial charge is 0.380 e. The smallest absolute Gasteiger partial charge is 0.271 e. The van der Waals surface area contributed by atoms with Crippen LogP contribution >= 0.6 is 23.2 Å². The Labute approximate surface area is 123 Å². The Balaban J connectivity index is 2.78. The number of hydrogen-bond acceptors (Lipinski definition) is 3. The van der Waals surface area contributed by atoms with E-state index in [2.05, 4.69) is 10.3 Å². The molecule has 0 spiro atoms. The first-order valence-electron chi connectivity index (χ1n) is 6.16. The first kappa shape index (κ1) is 16.2. The summed E-state index contributed by atoms with van der Waals surface area (Å²) in [6, 6.07) is 3.00. The minimum absolute atomic E-state index is 0.0932. The lowest BCUT2D eigenvalue weighted by Crippen LogP contribution is -2.42. The van der Waals surface area contributed by atoms with Crippen molar-refractivity contribution < 1.29 is 9.53 Å². The molecular weight excluding hydrogens is 287 g/mol.